The van der Waals surface area contributed by atoms with Crippen LogP contribution in [0.15, 0.2) is 0 Å². The van der Waals surface area contributed by atoms with Crippen molar-refractivity contribution in [2.45, 2.75) is 25.0 Å². The number of nitrogens with zero attached hydrogens (tertiary/aromatic N) is 1. The monoisotopic (exact) mass is 262 g/mol. The summed E-state index contributed by atoms with van der Waals surface area (Å²) in [5.74, 6) is 0.591. The Bertz CT molecular complexity index is 345. The van der Waals surface area contributed by atoms with Gasteiger partial charge in [0, 0.05) is 32.8 Å². The summed E-state index contributed by atoms with van der Waals surface area (Å²) < 4.78 is 28.3. The van der Waals surface area contributed by atoms with E-state index in [0.29, 0.717) is 24.2 Å². The predicted octanol–water partition coefficient (Wildman–Crippen LogP) is -0.516. The number of hydrogen-bond acceptors (Lipinski definition) is 5. The van der Waals surface area contributed by atoms with Crippen LogP contribution in [0, 0.1) is 0 Å². The van der Waals surface area contributed by atoms with Crippen molar-refractivity contribution in [3.05, 3.63) is 0 Å². The van der Waals surface area contributed by atoms with E-state index >= 15 is 0 Å². The number of sulfone groups is 1. The highest BCUT2D eigenvalue weighted by Crippen LogP contribution is 2.13. The lowest BCUT2D eigenvalue weighted by molar-refractivity contribution is 0.107. The average molecular weight is 262 g/mol. The van der Waals surface area contributed by atoms with Gasteiger partial charge in [-0.25, -0.2) is 8.42 Å². The van der Waals surface area contributed by atoms with Crippen LogP contribution in [0.4, 0.5) is 0 Å². The number of ether oxygens (including phenoxy) is 1. The Morgan fingerprint density at radius 3 is 2.94 bits per heavy atom. The minimum atomic E-state index is -2.80. The van der Waals surface area contributed by atoms with Gasteiger partial charge in [0.25, 0.3) is 0 Å². The van der Waals surface area contributed by atoms with Gasteiger partial charge in [-0.3, -0.25) is 0 Å². The standard InChI is InChI=1S/C11H22N2O3S/c1-16-11-3-6-13(8-11)5-2-10-9-17(14,15)7-4-12-10/h10-12H,2-9H2,1H3. The summed E-state index contributed by atoms with van der Waals surface area (Å²) in [6, 6.07) is 0.135. The maximum absolute atomic E-state index is 11.5. The van der Waals surface area contributed by atoms with Gasteiger partial charge >= 0.3 is 0 Å². The Hall–Kier alpha value is -0.170. The van der Waals surface area contributed by atoms with Crippen molar-refractivity contribution in [1.82, 2.24) is 10.2 Å². The van der Waals surface area contributed by atoms with Crippen molar-refractivity contribution in [3.8, 4) is 0 Å². The molecule has 2 atom stereocenters. The second kappa shape index (κ2) is 5.65. The third-order valence-electron chi connectivity index (χ3n) is 3.66. The van der Waals surface area contributed by atoms with Crippen molar-refractivity contribution in [3.63, 3.8) is 0 Å². The van der Waals surface area contributed by atoms with Crippen LogP contribution in [0.3, 0.4) is 0 Å². The van der Waals surface area contributed by atoms with E-state index in [2.05, 4.69) is 10.2 Å². The zero-order valence-electron chi connectivity index (χ0n) is 10.4. The van der Waals surface area contributed by atoms with Crippen molar-refractivity contribution >= 4 is 9.84 Å². The number of methoxy groups -OCH3 is 1. The molecule has 2 aliphatic rings. The van der Waals surface area contributed by atoms with Gasteiger partial charge in [0.05, 0.1) is 17.6 Å². The highest BCUT2D eigenvalue weighted by molar-refractivity contribution is 7.91. The molecule has 6 heteroatoms. The molecule has 0 saturated carbocycles. The van der Waals surface area contributed by atoms with Crippen LogP contribution >= 0.6 is 0 Å². The average Bonchev–Trinajstić information content (AvgIpc) is 2.73. The van der Waals surface area contributed by atoms with Crippen LogP contribution in [-0.2, 0) is 14.6 Å². The molecule has 0 aromatic heterocycles. The zero-order chi connectivity index (χ0) is 12.3. The van der Waals surface area contributed by atoms with Crippen LogP contribution in [0.1, 0.15) is 12.8 Å². The smallest absolute Gasteiger partial charge is 0.153 e. The first-order chi connectivity index (χ1) is 8.09. The van der Waals surface area contributed by atoms with E-state index in [1.807, 2.05) is 0 Å². The third kappa shape index (κ3) is 3.91. The van der Waals surface area contributed by atoms with E-state index in [1.54, 1.807) is 7.11 Å². The van der Waals surface area contributed by atoms with Crippen molar-refractivity contribution < 1.29 is 13.2 Å². The summed E-state index contributed by atoms with van der Waals surface area (Å²) in [6.07, 6.45) is 2.36. The summed E-state index contributed by atoms with van der Waals surface area (Å²) in [6.45, 7) is 3.62. The van der Waals surface area contributed by atoms with E-state index in [9.17, 15) is 8.42 Å². The molecule has 0 bridgehead atoms. The SMILES string of the molecule is COC1CCN(CCC2CS(=O)(=O)CCN2)C1. The van der Waals surface area contributed by atoms with Crippen molar-refractivity contribution in [1.29, 1.82) is 0 Å². The van der Waals surface area contributed by atoms with Gasteiger partial charge in [0.15, 0.2) is 9.84 Å². The molecule has 100 valence electrons. The minimum absolute atomic E-state index is 0.135. The Balaban J connectivity index is 1.72. The van der Waals surface area contributed by atoms with Crippen LogP contribution in [-0.4, -0.2) is 70.3 Å². The van der Waals surface area contributed by atoms with E-state index in [-0.39, 0.29) is 6.04 Å². The van der Waals surface area contributed by atoms with Crippen LogP contribution in [0.2, 0.25) is 0 Å². The molecule has 2 saturated heterocycles. The molecular weight excluding hydrogens is 240 g/mol. The summed E-state index contributed by atoms with van der Waals surface area (Å²) in [5, 5.41) is 3.29. The van der Waals surface area contributed by atoms with Gasteiger partial charge in [0.2, 0.25) is 0 Å². The second-order valence-corrected chi connectivity index (χ2v) is 7.23. The Morgan fingerprint density at radius 1 is 1.47 bits per heavy atom. The molecule has 2 heterocycles. The lowest BCUT2D eigenvalue weighted by Crippen LogP contribution is -2.46. The van der Waals surface area contributed by atoms with Gasteiger partial charge in [-0.05, 0) is 19.4 Å². The van der Waals surface area contributed by atoms with E-state index < -0.39 is 9.84 Å². The fourth-order valence-corrected chi connectivity index (χ4v) is 4.08. The molecule has 0 amide bonds. The Kier molecular flexibility index (Phi) is 4.41. The van der Waals surface area contributed by atoms with Crippen LogP contribution < -0.4 is 5.32 Å². The van der Waals surface area contributed by atoms with Gasteiger partial charge in [-0.1, -0.05) is 0 Å². The highest BCUT2D eigenvalue weighted by Gasteiger charge is 2.26. The number of rotatable bonds is 4. The highest BCUT2D eigenvalue weighted by atomic mass is 32.2. The largest absolute Gasteiger partial charge is 0.380 e. The first kappa shape index (κ1) is 13.3. The zero-order valence-corrected chi connectivity index (χ0v) is 11.2. The molecule has 2 fully saturated rings. The molecule has 0 aromatic carbocycles. The third-order valence-corrected chi connectivity index (χ3v) is 5.39. The predicted molar refractivity (Wildman–Crippen MR) is 66.9 cm³/mol. The molecule has 0 spiro atoms. The summed E-state index contributed by atoms with van der Waals surface area (Å²) in [5.41, 5.74) is 0. The van der Waals surface area contributed by atoms with Gasteiger partial charge in [-0.15, -0.1) is 0 Å². The molecule has 0 aromatic rings. The van der Waals surface area contributed by atoms with Gasteiger partial charge < -0.3 is 15.0 Å². The van der Waals surface area contributed by atoms with Crippen LogP contribution in [0.5, 0.6) is 0 Å². The maximum Gasteiger partial charge on any atom is 0.153 e. The lowest BCUT2D eigenvalue weighted by Gasteiger charge is -2.25. The molecule has 5 nitrogen and oxygen atoms in total. The summed E-state index contributed by atoms with van der Waals surface area (Å²) in [7, 11) is -1.05. The van der Waals surface area contributed by atoms with E-state index in [1.165, 1.54) is 0 Å². The molecule has 0 aliphatic carbocycles. The second-order valence-electron chi connectivity index (χ2n) is 5.00. The van der Waals surface area contributed by atoms with E-state index in [4.69, 9.17) is 4.74 Å². The molecular formula is C11H22N2O3S. The minimum Gasteiger partial charge on any atom is -0.380 e. The van der Waals surface area contributed by atoms with Crippen LogP contribution in [0.25, 0.3) is 0 Å². The Labute approximate surface area is 103 Å². The topological polar surface area (TPSA) is 58.6 Å². The van der Waals surface area contributed by atoms with Crippen molar-refractivity contribution in [2.24, 2.45) is 0 Å². The molecule has 2 unspecified atom stereocenters. The number of hydrogen-bond donors (Lipinski definition) is 1. The van der Waals surface area contributed by atoms with E-state index in [0.717, 1.165) is 32.5 Å². The summed E-state index contributed by atoms with van der Waals surface area (Å²) >= 11 is 0. The molecule has 2 aliphatic heterocycles. The maximum atomic E-state index is 11.5. The fourth-order valence-electron chi connectivity index (χ4n) is 2.58. The number of likely N-dealkylation sites (tertiary alicyclic amines) is 1. The van der Waals surface area contributed by atoms with Gasteiger partial charge in [0.1, 0.15) is 0 Å². The summed E-state index contributed by atoms with van der Waals surface area (Å²) in [4.78, 5) is 2.36. The Morgan fingerprint density at radius 2 is 2.29 bits per heavy atom. The molecule has 0 radical (unpaired) electrons. The fraction of sp³-hybridized carbons (Fsp3) is 1.00. The first-order valence-corrected chi connectivity index (χ1v) is 8.10. The molecule has 17 heavy (non-hydrogen) atoms. The first-order valence-electron chi connectivity index (χ1n) is 6.28. The van der Waals surface area contributed by atoms with Gasteiger partial charge in [-0.2, -0.15) is 0 Å². The lowest BCUT2D eigenvalue weighted by atomic mass is 10.2. The molecule has 2 rings (SSSR count). The number of nitrogens with one attached hydrogen (secondary N) is 1. The molecule has 1 N–H and O–H groups in total. The van der Waals surface area contributed by atoms with Crippen molar-refractivity contribution in [2.75, 3.05) is 44.8 Å². The normalized spacial score (nSPS) is 33.9. The quantitative estimate of drug-likeness (QED) is 0.739.